The molecule has 3 heteroatoms. The lowest BCUT2D eigenvalue weighted by molar-refractivity contribution is 0.407. The van der Waals surface area contributed by atoms with Crippen molar-refractivity contribution in [2.24, 2.45) is 5.73 Å². The van der Waals surface area contributed by atoms with Gasteiger partial charge in [-0.2, -0.15) is 0 Å². The summed E-state index contributed by atoms with van der Waals surface area (Å²) in [5.41, 5.74) is 9.42. The van der Waals surface area contributed by atoms with Crippen molar-refractivity contribution < 1.29 is 4.74 Å². The number of ether oxygens (including phenoxy) is 1. The maximum Gasteiger partial charge on any atom is 0.123 e. The Balaban J connectivity index is 2.13. The Hall–Kier alpha value is -2.26. The van der Waals surface area contributed by atoms with Crippen LogP contribution in [-0.2, 0) is 0 Å². The Morgan fingerprint density at radius 2 is 1.95 bits per heavy atom. The number of H-pyrrole nitrogens is 1. The molecular weight excluding hydrogens is 260 g/mol. The van der Waals surface area contributed by atoms with E-state index in [4.69, 9.17) is 10.5 Å². The average molecular weight is 280 g/mol. The number of rotatable bonds is 5. The van der Waals surface area contributed by atoms with Crippen LogP contribution in [-0.4, -0.2) is 18.6 Å². The first kappa shape index (κ1) is 13.7. The number of nitrogens with two attached hydrogens (primary N) is 1. The summed E-state index contributed by atoms with van der Waals surface area (Å²) in [7, 11) is 1.72. The molecule has 0 aliphatic rings. The lowest BCUT2D eigenvalue weighted by Gasteiger charge is -2.20. The summed E-state index contributed by atoms with van der Waals surface area (Å²) < 4.78 is 5.62. The van der Waals surface area contributed by atoms with E-state index in [-0.39, 0.29) is 5.92 Å². The maximum absolute atomic E-state index is 5.84. The van der Waals surface area contributed by atoms with Crippen LogP contribution in [0.25, 0.3) is 10.9 Å². The van der Waals surface area contributed by atoms with Crippen LogP contribution in [0.5, 0.6) is 5.75 Å². The summed E-state index contributed by atoms with van der Waals surface area (Å²) in [5, 5.41) is 1.16. The van der Waals surface area contributed by atoms with Gasteiger partial charge in [0, 0.05) is 28.6 Å². The molecule has 0 aliphatic carbocycles. The topological polar surface area (TPSA) is 51.0 Å². The van der Waals surface area contributed by atoms with Gasteiger partial charge in [0.25, 0.3) is 0 Å². The second-order valence-corrected chi connectivity index (χ2v) is 5.20. The van der Waals surface area contributed by atoms with Crippen molar-refractivity contribution in [3.8, 4) is 5.75 Å². The SMILES string of the molecule is COc1cc2cc[nH]c2cc1C(CCN)c1ccccc1. The Labute approximate surface area is 124 Å². The minimum atomic E-state index is 0.249. The first-order valence-electron chi connectivity index (χ1n) is 7.23. The highest BCUT2D eigenvalue weighted by Crippen LogP contribution is 2.36. The van der Waals surface area contributed by atoms with Gasteiger partial charge in [-0.25, -0.2) is 0 Å². The molecule has 3 rings (SSSR count). The maximum atomic E-state index is 5.84. The molecular formula is C18H20N2O. The Morgan fingerprint density at radius 3 is 2.67 bits per heavy atom. The van der Waals surface area contributed by atoms with Gasteiger partial charge in [0.1, 0.15) is 5.75 Å². The van der Waals surface area contributed by atoms with E-state index in [1.54, 1.807) is 7.11 Å². The number of benzene rings is 2. The van der Waals surface area contributed by atoms with Crippen LogP contribution >= 0.6 is 0 Å². The first-order valence-corrected chi connectivity index (χ1v) is 7.23. The van der Waals surface area contributed by atoms with E-state index in [9.17, 15) is 0 Å². The van der Waals surface area contributed by atoms with Gasteiger partial charge in [0.2, 0.25) is 0 Å². The Bertz CT molecular complexity index is 718. The number of fused-ring (bicyclic) bond motifs is 1. The molecule has 108 valence electrons. The number of hydrogen-bond donors (Lipinski definition) is 2. The summed E-state index contributed by atoms with van der Waals surface area (Å²) >= 11 is 0. The van der Waals surface area contributed by atoms with E-state index in [1.807, 2.05) is 12.3 Å². The molecule has 1 aromatic heterocycles. The van der Waals surface area contributed by atoms with Crippen LogP contribution in [0.1, 0.15) is 23.5 Å². The van der Waals surface area contributed by atoms with E-state index in [1.165, 1.54) is 11.1 Å². The fourth-order valence-electron chi connectivity index (χ4n) is 2.90. The smallest absolute Gasteiger partial charge is 0.123 e. The molecule has 1 heterocycles. The van der Waals surface area contributed by atoms with Crippen molar-refractivity contribution in [1.82, 2.24) is 4.98 Å². The van der Waals surface area contributed by atoms with Gasteiger partial charge in [0.05, 0.1) is 7.11 Å². The van der Waals surface area contributed by atoms with Crippen molar-refractivity contribution in [3.05, 3.63) is 65.9 Å². The zero-order chi connectivity index (χ0) is 14.7. The second kappa shape index (κ2) is 6.02. The third-order valence-corrected chi connectivity index (χ3v) is 3.94. The Morgan fingerprint density at radius 1 is 1.14 bits per heavy atom. The van der Waals surface area contributed by atoms with Crippen LogP contribution in [0.3, 0.4) is 0 Å². The molecule has 0 fully saturated rings. The highest BCUT2D eigenvalue weighted by Gasteiger charge is 2.18. The molecule has 3 nitrogen and oxygen atoms in total. The highest BCUT2D eigenvalue weighted by atomic mass is 16.5. The zero-order valence-electron chi connectivity index (χ0n) is 12.2. The van der Waals surface area contributed by atoms with Crippen molar-refractivity contribution in [2.45, 2.75) is 12.3 Å². The van der Waals surface area contributed by atoms with Gasteiger partial charge in [-0.15, -0.1) is 0 Å². The molecule has 0 amide bonds. The molecule has 0 radical (unpaired) electrons. The van der Waals surface area contributed by atoms with Gasteiger partial charge >= 0.3 is 0 Å². The zero-order valence-corrected chi connectivity index (χ0v) is 12.2. The lowest BCUT2D eigenvalue weighted by Crippen LogP contribution is -2.10. The van der Waals surface area contributed by atoms with Gasteiger partial charge in [0.15, 0.2) is 0 Å². The van der Waals surface area contributed by atoms with Crippen molar-refractivity contribution in [1.29, 1.82) is 0 Å². The van der Waals surface area contributed by atoms with Crippen molar-refractivity contribution >= 4 is 10.9 Å². The summed E-state index contributed by atoms with van der Waals surface area (Å²) in [6, 6.07) is 16.8. The minimum absolute atomic E-state index is 0.249. The van der Waals surface area contributed by atoms with Gasteiger partial charge in [-0.1, -0.05) is 30.3 Å². The predicted octanol–water partition coefficient (Wildman–Crippen LogP) is 3.66. The fourth-order valence-corrected chi connectivity index (χ4v) is 2.90. The molecule has 3 N–H and O–H groups in total. The van der Waals surface area contributed by atoms with E-state index < -0.39 is 0 Å². The van der Waals surface area contributed by atoms with E-state index in [0.29, 0.717) is 6.54 Å². The molecule has 2 aromatic carbocycles. The van der Waals surface area contributed by atoms with Crippen LogP contribution in [0.15, 0.2) is 54.7 Å². The monoisotopic (exact) mass is 280 g/mol. The normalized spacial score (nSPS) is 12.5. The van der Waals surface area contributed by atoms with Gasteiger partial charge in [-0.3, -0.25) is 0 Å². The number of methoxy groups -OCH3 is 1. The van der Waals surface area contributed by atoms with Crippen molar-refractivity contribution in [2.75, 3.05) is 13.7 Å². The molecule has 21 heavy (non-hydrogen) atoms. The van der Waals surface area contributed by atoms with Crippen molar-refractivity contribution in [3.63, 3.8) is 0 Å². The highest BCUT2D eigenvalue weighted by molar-refractivity contribution is 5.82. The first-order chi connectivity index (χ1) is 10.3. The third kappa shape index (κ3) is 2.65. The van der Waals surface area contributed by atoms with Crippen LogP contribution in [0.2, 0.25) is 0 Å². The van der Waals surface area contributed by atoms with E-state index >= 15 is 0 Å². The van der Waals surface area contributed by atoms with Gasteiger partial charge < -0.3 is 15.5 Å². The average Bonchev–Trinajstić information content (AvgIpc) is 2.99. The second-order valence-electron chi connectivity index (χ2n) is 5.20. The summed E-state index contributed by atoms with van der Waals surface area (Å²) in [6.07, 6.45) is 2.85. The quantitative estimate of drug-likeness (QED) is 0.749. The molecule has 3 aromatic rings. The van der Waals surface area contributed by atoms with Crippen LogP contribution in [0, 0.1) is 0 Å². The summed E-state index contributed by atoms with van der Waals surface area (Å²) in [4.78, 5) is 3.27. The molecule has 1 unspecified atom stereocenters. The minimum Gasteiger partial charge on any atom is -0.496 e. The molecule has 0 spiro atoms. The molecule has 0 aliphatic heterocycles. The number of aromatic amines is 1. The summed E-state index contributed by atoms with van der Waals surface area (Å²) in [5.74, 6) is 1.17. The van der Waals surface area contributed by atoms with Crippen LogP contribution in [0.4, 0.5) is 0 Å². The molecule has 0 saturated heterocycles. The number of nitrogens with one attached hydrogen (secondary N) is 1. The predicted molar refractivity (Wildman–Crippen MR) is 86.8 cm³/mol. The lowest BCUT2D eigenvalue weighted by atomic mass is 9.87. The van der Waals surface area contributed by atoms with E-state index in [2.05, 4.69) is 47.4 Å². The van der Waals surface area contributed by atoms with Crippen LogP contribution < -0.4 is 10.5 Å². The van der Waals surface area contributed by atoms with Gasteiger partial charge in [-0.05, 0) is 36.7 Å². The molecule has 1 atom stereocenters. The third-order valence-electron chi connectivity index (χ3n) is 3.94. The fraction of sp³-hybridized carbons (Fsp3) is 0.222. The van der Waals surface area contributed by atoms with E-state index in [0.717, 1.165) is 23.1 Å². The standard InChI is InChI=1S/C18H20N2O/c1-21-18-11-14-8-10-20-17(14)12-16(18)15(7-9-19)13-5-3-2-4-6-13/h2-6,8,10-12,15,20H,7,9,19H2,1H3. The molecule has 0 bridgehead atoms. The Kier molecular flexibility index (Phi) is 3.93. The number of hydrogen-bond acceptors (Lipinski definition) is 2. The molecule has 0 saturated carbocycles. The summed E-state index contributed by atoms with van der Waals surface area (Å²) in [6.45, 7) is 0.644. The largest absolute Gasteiger partial charge is 0.496 e. The number of aromatic nitrogens is 1.